The Bertz CT molecular complexity index is 1740. The van der Waals surface area contributed by atoms with E-state index in [1.165, 1.54) is 22.0 Å². The number of rotatable bonds is 3. The Balaban J connectivity index is 1.37. The summed E-state index contributed by atoms with van der Waals surface area (Å²) in [7, 11) is 0. The Morgan fingerprint density at radius 2 is 1.63 bits per heavy atom. The highest BCUT2D eigenvalue weighted by atomic mass is 15.0. The van der Waals surface area contributed by atoms with E-state index >= 15 is 0 Å². The van der Waals surface area contributed by atoms with Crippen molar-refractivity contribution in [3.05, 3.63) is 120 Å². The van der Waals surface area contributed by atoms with Crippen LogP contribution in [0.3, 0.4) is 0 Å². The van der Waals surface area contributed by atoms with Crippen molar-refractivity contribution in [3.63, 3.8) is 0 Å². The highest BCUT2D eigenvalue weighted by Crippen LogP contribution is 2.38. The van der Waals surface area contributed by atoms with Crippen molar-refractivity contribution >= 4 is 27.4 Å². The maximum absolute atomic E-state index is 9.41. The fraction of sp³-hybridized carbons (Fsp3) is 0.0645. The van der Waals surface area contributed by atoms with Gasteiger partial charge in [-0.3, -0.25) is 4.98 Å². The first kappa shape index (κ1) is 20.7. The van der Waals surface area contributed by atoms with Crippen molar-refractivity contribution in [1.82, 2.24) is 9.55 Å². The molecule has 3 aromatic carbocycles. The second-order valence-electron chi connectivity index (χ2n) is 8.69. The van der Waals surface area contributed by atoms with Crippen LogP contribution in [0.4, 0.5) is 0 Å². The SMILES string of the molecule is N#Cc1ccc2c(c1)c1ccccc1n2C1C=CC=C(c2ccc(-c3ccncc3C#N)cc2)C1. The zero-order valence-corrected chi connectivity index (χ0v) is 18.9. The summed E-state index contributed by atoms with van der Waals surface area (Å²) in [5.41, 5.74) is 7.89. The number of pyridine rings is 1. The van der Waals surface area contributed by atoms with Gasteiger partial charge in [0.1, 0.15) is 6.07 Å². The van der Waals surface area contributed by atoms with Gasteiger partial charge in [0.25, 0.3) is 0 Å². The summed E-state index contributed by atoms with van der Waals surface area (Å²) < 4.78 is 2.39. The van der Waals surface area contributed by atoms with Gasteiger partial charge in [0.05, 0.1) is 23.2 Å². The van der Waals surface area contributed by atoms with Crippen LogP contribution in [0.5, 0.6) is 0 Å². The van der Waals surface area contributed by atoms with Crippen LogP contribution in [-0.4, -0.2) is 9.55 Å². The molecule has 35 heavy (non-hydrogen) atoms. The number of hydrogen-bond donors (Lipinski definition) is 0. The van der Waals surface area contributed by atoms with Gasteiger partial charge in [-0.2, -0.15) is 10.5 Å². The van der Waals surface area contributed by atoms with E-state index in [1.54, 1.807) is 12.4 Å². The van der Waals surface area contributed by atoms with Crippen LogP contribution in [-0.2, 0) is 0 Å². The maximum Gasteiger partial charge on any atom is 0.101 e. The zero-order chi connectivity index (χ0) is 23.8. The van der Waals surface area contributed by atoms with E-state index in [-0.39, 0.29) is 6.04 Å². The first-order chi connectivity index (χ1) is 17.3. The summed E-state index contributed by atoms with van der Waals surface area (Å²) in [6.45, 7) is 0. The van der Waals surface area contributed by atoms with Crippen LogP contribution in [0.25, 0.3) is 38.5 Å². The molecule has 0 amide bonds. The molecule has 4 heteroatoms. The molecule has 1 unspecified atom stereocenters. The lowest BCUT2D eigenvalue weighted by atomic mass is 9.92. The number of allylic oxidation sites excluding steroid dienone is 4. The Morgan fingerprint density at radius 1 is 0.829 bits per heavy atom. The number of nitrogens with zero attached hydrogens (tertiary/aromatic N) is 4. The smallest absolute Gasteiger partial charge is 0.101 e. The molecule has 0 aliphatic heterocycles. The normalized spacial score (nSPS) is 15.0. The predicted octanol–water partition coefficient (Wildman–Crippen LogP) is 7.18. The molecule has 0 N–H and O–H groups in total. The van der Waals surface area contributed by atoms with Gasteiger partial charge in [0.15, 0.2) is 0 Å². The number of benzene rings is 3. The molecule has 0 saturated heterocycles. The van der Waals surface area contributed by atoms with E-state index in [0.717, 1.165) is 28.5 Å². The standard InChI is InChI=1S/C31H20N4/c32-18-21-8-13-31-29(16-21)28-6-1-2-7-30(28)35(31)26-5-3-4-24(17-26)22-9-11-23(12-10-22)27-14-15-34-20-25(27)19-33/h1-16,20,26H,17H2. The molecule has 0 fully saturated rings. The van der Waals surface area contributed by atoms with E-state index in [1.807, 2.05) is 18.2 Å². The zero-order valence-electron chi connectivity index (χ0n) is 18.9. The van der Waals surface area contributed by atoms with Crippen LogP contribution in [0.1, 0.15) is 29.2 Å². The number of fused-ring (bicyclic) bond motifs is 3. The summed E-state index contributed by atoms with van der Waals surface area (Å²) in [6, 6.07) is 29.3. The molecule has 0 radical (unpaired) electrons. The first-order valence-electron chi connectivity index (χ1n) is 11.5. The molecule has 6 rings (SSSR count). The van der Waals surface area contributed by atoms with Crippen molar-refractivity contribution in [1.29, 1.82) is 10.5 Å². The van der Waals surface area contributed by atoms with E-state index in [2.05, 4.69) is 94.5 Å². The van der Waals surface area contributed by atoms with Crippen molar-refractivity contribution < 1.29 is 0 Å². The summed E-state index contributed by atoms with van der Waals surface area (Å²) in [5, 5.41) is 21.1. The summed E-state index contributed by atoms with van der Waals surface area (Å²) >= 11 is 0. The molecule has 5 aromatic rings. The van der Waals surface area contributed by atoms with Crippen LogP contribution < -0.4 is 0 Å². The highest BCUT2D eigenvalue weighted by molar-refractivity contribution is 6.08. The van der Waals surface area contributed by atoms with Gasteiger partial charge in [-0.05, 0) is 53.5 Å². The molecule has 1 aliphatic carbocycles. The molecule has 2 heterocycles. The Labute approximate surface area is 203 Å². The van der Waals surface area contributed by atoms with Crippen molar-refractivity contribution in [2.45, 2.75) is 12.5 Å². The number of nitriles is 2. The highest BCUT2D eigenvalue weighted by Gasteiger charge is 2.20. The molecule has 164 valence electrons. The maximum atomic E-state index is 9.41. The lowest BCUT2D eigenvalue weighted by molar-refractivity contribution is 0.656. The van der Waals surface area contributed by atoms with Crippen molar-refractivity contribution in [3.8, 4) is 23.3 Å². The van der Waals surface area contributed by atoms with Crippen LogP contribution in [0.2, 0.25) is 0 Å². The van der Waals surface area contributed by atoms with Crippen molar-refractivity contribution in [2.24, 2.45) is 0 Å². The molecule has 1 aliphatic rings. The second-order valence-corrected chi connectivity index (χ2v) is 8.69. The lowest BCUT2D eigenvalue weighted by Crippen LogP contribution is -2.09. The van der Waals surface area contributed by atoms with Crippen LogP contribution >= 0.6 is 0 Å². The van der Waals surface area contributed by atoms with Gasteiger partial charge in [-0.25, -0.2) is 0 Å². The summed E-state index contributed by atoms with van der Waals surface area (Å²) in [6.07, 6.45) is 10.8. The summed E-state index contributed by atoms with van der Waals surface area (Å²) in [4.78, 5) is 4.06. The molecular formula is C31H20N4. The van der Waals surface area contributed by atoms with Crippen LogP contribution in [0.15, 0.2) is 103 Å². The van der Waals surface area contributed by atoms with E-state index < -0.39 is 0 Å². The second kappa shape index (κ2) is 8.45. The molecule has 4 nitrogen and oxygen atoms in total. The number of para-hydroxylation sites is 1. The van der Waals surface area contributed by atoms with E-state index in [4.69, 9.17) is 0 Å². The summed E-state index contributed by atoms with van der Waals surface area (Å²) in [5.74, 6) is 0. The minimum Gasteiger partial charge on any atom is -0.333 e. The predicted molar refractivity (Wildman–Crippen MR) is 139 cm³/mol. The average molecular weight is 449 g/mol. The van der Waals surface area contributed by atoms with Gasteiger partial charge >= 0.3 is 0 Å². The van der Waals surface area contributed by atoms with Gasteiger partial charge in [0, 0.05) is 39.8 Å². The quantitative estimate of drug-likeness (QED) is 0.293. The van der Waals surface area contributed by atoms with E-state index in [9.17, 15) is 10.5 Å². The van der Waals surface area contributed by atoms with Gasteiger partial charge in [-0.15, -0.1) is 0 Å². The monoisotopic (exact) mass is 448 g/mol. The van der Waals surface area contributed by atoms with Gasteiger partial charge < -0.3 is 4.57 Å². The molecule has 1 atom stereocenters. The lowest BCUT2D eigenvalue weighted by Gasteiger charge is -2.23. The van der Waals surface area contributed by atoms with Crippen molar-refractivity contribution in [2.75, 3.05) is 0 Å². The fourth-order valence-corrected chi connectivity index (χ4v) is 5.08. The molecule has 0 spiro atoms. The Morgan fingerprint density at radius 3 is 2.46 bits per heavy atom. The van der Waals surface area contributed by atoms with Crippen LogP contribution in [0, 0.1) is 22.7 Å². The largest absolute Gasteiger partial charge is 0.333 e. The molecule has 0 saturated carbocycles. The average Bonchev–Trinajstić information content (AvgIpc) is 3.27. The molecule has 0 bridgehead atoms. The minimum absolute atomic E-state index is 0.162. The number of aromatic nitrogens is 2. The third-order valence-electron chi connectivity index (χ3n) is 6.74. The Hall–Kier alpha value is -4.93. The Kier molecular flexibility index (Phi) is 4.99. The third kappa shape index (κ3) is 3.50. The van der Waals surface area contributed by atoms with E-state index in [0.29, 0.717) is 11.1 Å². The number of hydrogen-bond acceptors (Lipinski definition) is 3. The van der Waals surface area contributed by atoms with Gasteiger partial charge in [0.2, 0.25) is 0 Å². The van der Waals surface area contributed by atoms with Gasteiger partial charge in [-0.1, -0.05) is 60.7 Å². The minimum atomic E-state index is 0.162. The molecular weight excluding hydrogens is 428 g/mol. The third-order valence-corrected chi connectivity index (χ3v) is 6.74. The fourth-order valence-electron chi connectivity index (χ4n) is 5.08. The first-order valence-corrected chi connectivity index (χ1v) is 11.5. The molecule has 2 aromatic heterocycles. The topological polar surface area (TPSA) is 65.4 Å².